The molecule has 4 nitrogen and oxygen atoms in total. The molecule has 1 saturated carbocycles. The van der Waals surface area contributed by atoms with E-state index in [-0.39, 0.29) is 11.9 Å². The maximum Gasteiger partial charge on any atom is 0.416 e. The van der Waals surface area contributed by atoms with Crippen LogP contribution in [0.15, 0.2) is 24.3 Å². The number of likely N-dealkylation sites (tertiary alicyclic amines) is 1. The molecule has 0 bridgehead atoms. The molecule has 2 N–H and O–H groups in total. The molecule has 1 aromatic carbocycles. The Labute approximate surface area is 171 Å². The Morgan fingerprint density at radius 3 is 2.66 bits per heavy atom. The van der Waals surface area contributed by atoms with Crippen molar-refractivity contribution in [3.8, 4) is 0 Å². The zero-order valence-corrected chi connectivity index (χ0v) is 17.5. The molecule has 2 aliphatic rings. The number of hydrogen-bond acceptors (Lipinski definition) is 3. The maximum atomic E-state index is 13.0. The smallest absolute Gasteiger partial charge is 0.341 e. The molecule has 0 radical (unpaired) electrons. The fraction of sp³-hybridized carbons (Fsp3) is 0.682. The van der Waals surface area contributed by atoms with Crippen LogP contribution in [0.5, 0.6) is 0 Å². The van der Waals surface area contributed by atoms with Gasteiger partial charge in [0.2, 0.25) is 5.91 Å². The maximum absolute atomic E-state index is 13.0. The Balaban J connectivity index is 1.62. The summed E-state index contributed by atoms with van der Waals surface area (Å²) in [5, 5.41) is 0. The van der Waals surface area contributed by atoms with Gasteiger partial charge >= 0.3 is 6.18 Å². The minimum Gasteiger partial charge on any atom is -0.341 e. The molecule has 0 spiro atoms. The predicted octanol–water partition coefficient (Wildman–Crippen LogP) is 3.75. The molecule has 1 amide bonds. The summed E-state index contributed by atoms with van der Waals surface area (Å²) in [6.07, 6.45) is -1.62. The minimum atomic E-state index is -4.32. The van der Waals surface area contributed by atoms with Crippen molar-refractivity contribution < 1.29 is 18.0 Å². The lowest BCUT2D eigenvalue weighted by Crippen LogP contribution is -2.49. The van der Waals surface area contributed by atoms with Crippen LogP contribution in [0.4, 0.5) is 13.2 Å². The van der Waals surface area contributed by atoms with Crippen LogP contribution in [-0.2, 0) is 17.5 Å². The number of nitrogens with zero attached hydrogens (tertiary/aromatic N) is 2. The number of benzene rings is 1. The second-order valence-electron chi connectivity index (χ2n) is 9.15. The van der Waals surface area contributed by atoms with Gasteiger partial charge in [-0.05, 0) is 48.6 Å². The first-order chi connectivity index (χ1) is 13.6. The number of halogens is 3. The highest BCUT2D eigenvalue weighted by molar-refractivity contribution is 5.81. The third-order valence-corrected chi connectivity index (χ3v) is 6.44. The number of amides is 1. The first-order valence-corrected chi connectivity index (χ1v) is 10.5. The first kappa shape index (κ1) is 22.1. The highest BCUT2D eigenvalue weighted by atomic mass is 19.4. The molecule has 3 rings (SSSR count). The third-order valence-electron chi connectivity index (χ3n) is 6.44. The van der Waals surface area contributed by atoms with Crippen molar-refractivity contribution in [2.24, 2.45) is 23.5 Å². The second-order valence-corrected chi connectivity index (χ2v) is 9.15. The van der Waals surface area contributed by atoms with Gasteiger partial charge in [0.05, 0.1) is 11.6 Å². The van der Waals surface area contributed by atoms with Gasteiger partial charge in [-0.15, -0.1) is 0 Å². The minimum absolute atomic E-state index is 0.000628. The summed E-state index contributed by atoms with van der Waals surface area (Å²) in [4.78, 5) is 16.8. The van der Waals surface area contributed by atoms with E-state index in [2.05, 4.69) is 18.7 Å². The van der Waals surface area contributed by atoms with Crippen LogP contribution in [0.2, 0.25) is 0 Å². The molecule has 1 aliphatic carbocycles. The summed E-state index contributed by atoms with van der Waals surface area (Å²) in [5.74, 6) is 1.22. The van der Waals surface area contributed by atoms with Crippen LogP contribution in [0.25, 0.3) is 0 Å². The van der Waals surface area contributed by atoms with E-state index < -0.39 is 17.8 Å². The lowest BCUT2D eigenvalue weighted by atomic mass is 9.96. The zero-order chi connectivity index (χ0) is 21.3. The Bertz CT molecular complexity index is 721. The molecule has 7 heteroatoms. The standard InChI is InChI=1S/C22H32F3N3O/c1-14(2)9-19(26)21(29)27(3)20-8-7-16-12-28(13-18(16)20)11-15-5-4-6-17(10-15)22(23,24)25/h4-6,10,14,16,18-20H,7-9,11-13,26H2,1-3H3/t16-,18+,19+,20-/m0/s1. The zero-order valence-electron chi connectivity index (χ0n) is 17.5. The number of fused-ring (bicyclic) bond motifs is 1. The van der Waals surface area contributed by atoms with Crippen molar-refractivity contribution >= 4 is 5.91 Å². The summed E-state index contributed by atoms with van der Waals surface area (Å²) in [6, 6.07) is 5.27. The third kappa shape index (κ3) is 5.12. The summed E-state index contributed by atoms with van der Waals surface area (Å²) >= 11 is 0. The first-order valence-electron chi connectivity index (χ1n) is 10.5. The number of nitrogens with two attached hydrogens (primary N) is 1. The van der Waals surface area contributed by atoms with E-state index in [9.17, 15) is 18.0 Å². The van der Waals surface area contributed by atoms with E-state index in [1.165, 1.54) is 12.1 Å². The van der Waals surface area contributed by atoms with Crippen LogP contribution in [0.3, 0.4) is 0 Å². The SMILES string of the molecule is CC(C)C[C@@H](N)C(=O)N(C)[C@H]1CC[C@H]2CN(Cc3cccc(C(F)(F)F)c3)C[C@H]21. The Morgan fingerprint density at radius 1 is 1.28 bits per heavy atom. The monoisotopic (exact) mass is 411 g/mol. The predicted molar refractivity (Wildman–Crippen MR) is 107 cm³/mol. The average Bonchev–Trinajstić information content (AvgIpc) is 3.19. The summed E-state index contributed by atoms with van der Waals surface area (Å²) in [5.41, 5.74) is 6.19. The highest BCUT2D eigenvalue weighted by Gasteiger charge is 2.45. The summed E-state index contributed by atoms with van der Waals surface area (Å²) in [6.45, 7) is 6.30. The fourth-order valence-corrected chi connectivity index (χ4v) is 5.08. The number of carbonyl (C=O) groups is 1. The Morgan fingerprint density at radius 2 is 2.00 bits per heavy atom. The molecule has 29 heavy (non-hydrogen) atoms. The topological polar surface area (TPSA) is 49.6 Å². The molecule has 2 fully saturated rings. The molecule has 1 aliphatic heterocycles. The Hall–Kier alpha value is -1.60. The van der Waals surface area contributed by atoms with Gasteiger partial charge in [0.15, 0.2) is 0 Å². The van der Waals surface area contributed by atoms with Gasteiger partial charge in [-0.2, -0.15) is 13.2 Å². The van der Waals surface area contributed by atoms with Crippen LogP contribution in [0, 0.1) is 17.8 Å². The number of carbonyl (C=O) groups excluding carboxylic acids is 1. The van der Waals surface area contributed by atoms with E-state index in [0.29, 0.717) is 36.3 Å². The average molecular weight is 412 g/mol. The van der Waals surface area contributed by atoms with Gasteiger partial charge in [0.1, 0.15) is 0 Å². The van der Waals surface area contributed by atoms with Crippen LogP contribution in [-0.4, -0.2) is 47.9 Å². The quantitative estimate of drug-likeness (QED) is 0.776. The van der Waals surface area contributed by atoms with Crippen LogP contribution in [0.1, 0.15) is 44.2 Å². The Kier molecular flexibility index (Phi) is 6.58. The normalized spacial score (nSPS) is 26.0. The van der Waals surface area contributed by atoms with Crippen molar-refractivity contribution in [1.29, 1.82) is 0 Å². The highest BCUT2D eigenvalue weighted by Crippen LogP contribution is 2.41. The van der Waals surface area contributed by atoms with Gasteiger partial charge in [0.25, 0.3) is 0 Å². The van der Waals surface area contributed by atoms with Gasteiger partial charge in [0, 0.05) is 32.7 Å². The van der Waals surface area contributed by atoms with E-state index in [1.807, 2.05) is 11.9 Å². The lowest BCUT2D eigenvalue weighted by molar-refractivity contribution is -0.137. The van der Waals surface area contributed by atoms with E-state index in [1.54, 1.807) is 6.07 Å². The van der Waals surface area contributed by atoms with Crippen molar-refractivity contribution in [1.82, 2.24) is 9.80 Å². The number of rotatable bonds is 6. The summed E-state index contributed by atoms with van der Waals surface area (Å²) in [7, 11) is 1.85. The van der Waals surface area contributed by atoms with Crippen molar-refractivity contribution in [2.75, 3.05) is 20.1 Å². The van der Waals surface area contributed by atoms with E-state index >= 15 is 0 Å². The van der Waals surface area contributed by atoms with Gasteiger partial charge in [-0.25, -0.2) is 0 Å². The number of alkyl halides is 3. The van der Waals surface area contributed by atoms with Crippen molar-refractivity contribution in [3.05, 3.63) is 35.4 Å². The van der Waals surface area contributed by atoms with E-state index in [4.69, 9.17) is 5.73 Å². The second kappa shape index (κ2) is 8.64. The van der Waals surface area contributed by atoms with Crippen LogP contribution >= 0.6 is 0 Å². The van der Waals surface area contributed by atoms with Crippen molar-refractivity contribution in [3.63, 3.8) is 0 Å². The molecular weight excluding hydrogens is 379 g/mol. The number of likely N-dealkylation sites (N-methyl/N-ethyl adjacent to an activating group) is 1. The molecule has 4 atom stereocenters. The van der Waals surface area contributed by atoms with Crippen molar-refractivity contribution in [2.45, 2.75) is 57.9 Å². The molecule has 1 aromatic rings. The molecule has 0 unspecified atom stereocenters. The molecule has 1 saturated heterocycles. The van der Waals surface area contributed by atoms with Crippen LogP contribution < -0.4 is 5.73 Å². The lowest BCUT2D eigenvalue weighted by Gasteiger charge is -2.32. The van der Waals surface area contributed by atoms with Gasteiger partial charge in [-0.1, -0.05) is 32.0 Å². The molecule has 162 valence electrons. The molecule has 1 heterocycles. The largest absolute Gasteiger partial charge is 0.416 e. The molecular formula is C22H32F3N3O. The summed E-state index contributed by atoms with van der Waals surface area (Å²) < 4.78 is 38.9. The van der Waals surface area contributed by atoms with Gasteiger partial charge in [-0.3, -0.25) is 9.69 Å². The van der Waals surface area contributed by atoms with Gasteiger partial charge < -0.3 is 10.6 Å². The molecule has 0 aromatic heterocycles. The fourth-order valence-electron chi connectivity index (χ4n) is 5.08. The number of hydrogen-bond donors (Lipinski definition) is 1. The van der Waals surface area contributed by atoms with E-state index in [0.717, 1.165) is 32.0 Å².